The quantitative estimate of drug-likeness (QED) is 0.805. The normalized spacial score (nSPS) is 26.4. The standard InChI is InChI=1S/C21H24N2O4S2/c1-14-4-6-16(7-5-14)23-19(24)9-8-17(20(23)18-3-2-11-28-18)21(25)22-15-10-12-29(26,27)13-15/h2-7,11,15,17,20H,8-10,12-13H2,1H3,(H,22,25). The van der Waals surface area contributed by atoms with Crippen LogP contribution in [-0.2, 0) is 19.4 Å². The van der Waals surface area contributed by atoms with Crippen LogP contribution in [0.1, 0.15) is 35.7 Å². The molecule has 0 aliphatic carbocycles. The summed E-state index contributed by atoms with van der Waals surface area (Å²) >= 11 is 1.53. The summed E-state index contributed by atoms with van der Waals surface area (Å²) in [5.74, 6) is -0.480. The summed E-state index contributed by atoms with van der Waals surface area (Å²) in [5.41, 5.74) is 1.88. The molecule has 2 aliphatic rings. The molecule has 1 aromatic carbocycles. The predicted octanol–water partition coefficient (Wildman–Crippen LogP) is 2.84. The zero-order valence-electron chi connectivity index (χ0n) is 16.2. The van der Waals surface area contributed by atoms with E-state index in [0.717, 1.165) is 16.1 Å². The molecule has 3 unspecified atom stereocenters. The minimum atomic E-state index is -3.07. The topological polar surface area (TPSA) is 83.6 Å². The van der Waals surface area contributed by atoms with Crippen LogP contribution in [0.25, 0.3) is 0 Å². The number of thiophene rings is 1. The number of hydrogen-bond acceptors (Lipinski definition) is 5. The van der Waals surface area contributed by atoms with E-state index in [1.54, 1.807) is 4.90 Å². The van der Waals surface area contributed by atoms with Crippen molar-refractivity contribution in [2.45, 2.75) is 38.3 Å². The Morgan fingerprint density at radius 3 is 2.55 bits per heavy atom. The Labute approximate surface area is 174 Å². The molecule has 0 saturated carbocycles. The Bertz CT molecular complexity index is 1000. The molecule has 29 heavy (non-hydrogen) atoms. The highest BCUT2D eigenvalue weighted by atomic mass is 32.2. The largest absolute Gasteiger partial charge is 0.352 e. The van der Waals surface area contributed by atoms with Gasteiger partial charge in [0.1, 0.15) is 0 Å². The van der Waals surface area contributed by atoms with Crippen molar-refractivity contribution in [2.24, 2.45) is 5.92 Å². The highest BCUT2D eigenvalue weighted by Gasteiger charge is 2.43. The van der Waals surface area contributed by atoms with Gasteiger partial charge in [-0.2, -0.15) is 0 Å². The van der Waals surface area contributed by atoms with E-state index in [1.807, 2.05) is 48.7 Å². The Balaban J connectivity index is 1.64. The van der Waals surface area contributed by atoms with E-state index in [-0.39, 0.29) is 35.8 Å². The molecule has 2 amide bonds. The summed E-state index contributed by atoms with van der Waals surface area (Å²) in [6.07, 6.45) is 1.19. The number of carbonyl (C=O) groups is 2. The number of piperidine rings is 1. The first-order valence-electron chi connectivity index (χ1n) is 9.77. The maximum atomic E-state index is 13.2. The van der Waals surface area contributed by atoms with Gasteiger partial charge in [0.2, 0.25) is 11.8 Å². The van der Waals surface area contributed by atoms with Crippen LogP contribution in [0.5, 0.6) is 0 Å². The van der Waals surface area contributed by atoms with E-state index in [0.29, 0.717) is 12.8 Å². The predicted molar refractivity (Wildman–Crippen MR) is 114 cm³/mol. The number of nitrogens with one attached hydrogen (secondary N) is 1. The number of hydrogen-bond donors (Lipinski definition) is 1. The summed E-state index contributed by atoms with van der Waals surface area (Å²) in [6.45, 7) is 1.99. The van der Waals surface area contributed by atoms with Crippen molar-refractivity contribution in [3.8, 4) is 0 Å². The van der Waals surface area contributed by atoms with Crippen molar-refractivity contribution < 1.29 is 18.0 Å². The number of anilines is 1. The van der Waals surface area contributed by atoms with Gasteiger partial charge in [0.25, 0.3) is 0 Å². The molecule has 1 aromatic heterocycles. The lowest BCUT2D eigenvalue weighted by atomic mass is 9.86. The second-order valence-electron chi connectivity index (χ2n) is 7.81. The molecule has 6 nitrogen and oxygen atoms in total. The van der Waals surface area contributed by atoms with Crippen LogP contribution in [0, 0.1) is 12.8 Å². The molecule has 4 rings (SSSR count). The smallest absolute Gasteiger partial charge is 0.227 e. The van der Waals surface area contributed by atoms with E-state index in [4.69, 9.17) is 0 Å². The molecule has 154 valence electrons. The number of rotatable bonds is 4. The molecule has 2 fully saturated rings. The fourth-order valence-corrected chi connectivity index (χ4v) is 6.73. The van der Waals surface area contributed by atoms with Gasteiger partial charge < -0.3 is 10.2 Å². The van der Waals surface area contributed by atoms with Crippen LogP contribution in [-0.4, -0.2) is 37.8 Å². The van der Waals surface area contributed by atoms with E-state index >= 15 is 0 Å². The fourth-order valence-electron chi connectivity index (χ4n) is 4.18. The molecule has 3 heterocycles. The number of aryl methyl sites for hydroxylation is 1. The van der Waals surface area contributed by atoms with Gasteiger partial charge in [-0.25, -0.2) is 8.42 Å². The van der Waals surface area contributed by atoms with Gasteiger partial charge in [0.05, 0.1) is 23.5 Å². The fraction of sp³-hybridized carbons (Fsp3) is 0.429. The van der Waals surface area contributed by atoms with Gasteiger partial charge in [-0.3, -0.25) is 9.59 Å². The first-order valence-corrected chi connectivity index (χ1v) is 12.5. The van der Waals surface area contributed by atoms with Gasteiger partial charge in [0.15, 0.2) is 9.84 Å². The zero-order valence-corrected chi connectivity index (χ0v) is 17.8. The Morgan fingerprint density at radius 1 is 1.17 bits per heavy atom. The first-order chi connectivity index (χ1) is 13.8. The van der Waals surface area contributed by atoms with Crippen LogP contribution in [0.4, 0.5) is 5.69 Å². The molecule has 0 bridgehead atoms. The van der Waals surface area contributed by atoms with Gasteiger partial charge >= 0.3 is 0 Å². The van der Waals surface area contributed by atoms with Gasteiger partial charge in [-0.05, 0) is 43.3 Å². The molecule has 0 radical (unpaired) electrons. The third kappa shape index (κ3) is 4.23. The number of benzene rings is 1. The summed E-state index contributed by atoms with van der Waals surface area (Å²) < 4.78 is 23.5. The van der Waals surface area contributed by atoms with E-state index < -0.39 is 21.8 Å². The Morgan fingerprint density at radius 2 is 1.93 bits per heavy atom. The van der Waals surface area contributed by atoms with Gasteiger partial charge in [-0.1, -0.05) is 23.8 Å². The molecular formula is C21H24N2O4S2. The minimum Gasteiger partial charge on any atom is -0.352 e. The van der Waals surface area contributed by atoms with Crippen molar-refractivity contribution >= 4 is 38.7 Å². The number of nitrogens with zero attached hydrogens (tertiary/aromatic N) is 1. The van der Waals surface area contributed by atoms with Crippen LogP contribution in [0.2, 0.25) is 0 Å². The van der Waals surface area contributed by atoms with Crippen LogP contribution in [0.3, 0.4) is 0 Å². The highest BCUT2D eigenvalue weighted by Crippen LogP contribution is 2.41. The molecule has 2 aliphatic heterocycles. The van der Waals surface area contributed by atoms with E-state index in [1.165, 1.54) is 11.3 Å². The number of carbonyl (C=O) groups excluding carboxylic acids is 2. The van der Waals surface area contributed by atoms with Crippen molar-refractivity contribution in [1.29, 1.82) is 0 Å². The molecule has 3 atom stereocenters. The lowest BCUT2D eigenvalue weighted by Gasteiger charge is -2.40. The summed E-state index contributed by atoms with van der Waals surface area (Å²) in [4.78, 5) is 28.8. The second kappa shape index (κ2) is 7.91. The maximum absolute atomic E-state index is 13.2. The molecular weight excluding hydrogens is 408 g/mol. The van der Waals surface area contributed by atoms with Gasteiger partial charge in [-0.15, -0.1) is 11.3 Å². The van der Waals surface area contributed by atoms with Crippen LogP contribution in [0.15, 0.2) is 41.8 Å². The summed E-state index contributed by atoms with van der Waals surface area (Å²) in [6, 6.07) is 10.9. The van der Waals surface area contributed by atoms with Crippen molar-refractivity contribution in [2.75, 3.05) is 16.4 Å². The Kier molecular flexibility index (Phi) is 5.48. The molecule has 2 saturated heterocycles. The Hall–Kier alpha value is -2.19. The molecule has 1 N–H and O–H groups in total. The van der Waals surface area contributed by atoms with Crippen LogP contribution < -0.4 is 10.2 Å². The van der Waals surface area contributed by atoms with Crippen molar-refractivity contribution in [3.05, 3.63) is 52.2 Å². The SMILES string of the molecule is Cc1ccc(N2C(=O)CCC(C(=O)NC3CCS(=O)(=O)C3)C2c2cccs2)cc1. The average molecular weight is 433 g/mol. The lowest BCUT2D eigenvalue weighted by Crippen LogP contribution is -2.50. The second-order valence-corrected chi connectivity index (χ2v) is 11.0. The van der Waals surface area contributed by atoms with E-state index in [2.05, 4.69) is 5.32 Å². The van der Waals surface area contributed by atoms with Crippen LogP contribution >= 0.6 is 11.3 Å². The third-order valence-corrected chi connectivity index (χ3v) is 8.37. The van der Waals surface area contributed by atoms with Crippen molar-refractivity contribution in [1.82, 2.24) is 5.32 Å². The average Bonchev–Trinajstić information content (AvgIpc) is 3.32. The monoisotopic (exact) mass is 432 g/mol. The first kappa shape index (κ1) is 20.1. The van der Waals surface area contributed by atoms with Crippen molar-refractivity contribution in [3.63, 3.8) is 0 Å². The summed E-state index contributed by atoms with van der Waals surface area (Å²) in [5, 5.41) is 4.89. The molecule has 0 spiro atoms. The maximum Gasteiger partial charge on any atom is 0.227 e. The summed E-state index contributed by atoms with van der Waals surface area (Å²) in [7, 11) is -3.07. The number of amides is 2. The van der Waals surface area contributed by atoms with Gasteiger partial charge in [0, 0.05) is 23.0 Å². The third-order valence-electron chi connectivity index (χ3n) is 5.66. The number of sulfone groups is 1. The molecule has 8 heteroatoms. The minimum absolute atomic E-state index is 0.000234. The van der Waals surface area contributed by atoms with E-state index in [9.17, 15) is 18.0 Å². The zero-order chi connectivity index (χ0) is 20.6. The highest BCUT2D eigenvalue weighted by molar-refractivity contribution is 7.91. The molecule has 2 aromatic rings. The lowest BCUT2D eigenvalue weighted by molar-refractivity contribution is -0.129.